The highest BCUT2D eigenvalue weighted by Crippen LogP contribution is 2.29. The maximum absolute atomic E-state index is 9.46. The van der Waals surface area contributed by atoms with E-state index < -0.39 is 0 Å². The predicted octanol–water partition coefficient (Wildman–Crippen LogP) is 2.13. The average molecular weight is 187 g/mol. The Balaban J connectivity index is 4.24. The number of nitrogens with zero attached hydrogens (tertiary/aromatic N) is 1. The zero-order valence-electron chi connectivity index (χ0n) is 9.64. The van der Waals surface area contributed by atoms with Gasteiger partial charge in [0, 0.05) is 18.6 Å². The van der Waals surface area contributed by atoms with Crippen molar-refractivity contribution in [3.63, 3.8) is 0 Å². The summed E-state index contributed by atoms with van der Waals surface area (Å²) >= 11 is 0. The van der Waals surface area contributed by atoms with E-state index in [2.05, 4.69) is 32.8 Å². The summed E-state index contributed by atoms with van der Waals surface area (Å²) in [5.74, 6) is 0. The molecule has 0 bridgehead atoms. The quantitative estimate of drug-likeness (QED) is 0.660. The molecule has 0 aromatic heterocycles. The van der Waals surface area contributed by atoms with Crippen LogP contribution in [0, 0.1) is 5.41 Å². The molecule has 0 radical (unpaired) electrons. The summed E-state index contributed by atoms with van der Waals surface area (Å²) in [4.78, 5) is 2.18. The van der Waals surface area contributed by atoms with Crippen LogP contribution in [-0.4, -0.2) is 37.3 Å². The van der Waals surface area contributed by atoms with E-state index in [9.17, 15) is 5.11 Å². The first kappa shape index (κ1) is 12.9. The van der Waals surface area contributed by atoms with Crippen LogP contribution in [-0.2, 0) is 0 Å². The smallest absolute Gasteiger partial charge is 0.0499 e. The third kappa shape index (κ3) is 4.63. The lowest BCUT2D eigenvalue weighted by Crippen LogP contribution is -2.36. The molecule has 0 aliphatic carbocycles. The molecule has 0 aromatic rings. The number of rotatable bonds is 7. The summed E-state index contributed by atoms with van der Waals surface area (Å²) in [5, 5.41) is 9.46. The van der Waals surface area contributed by atoms with Gasteiger partial charge in [0.25, 0.3) is 0 Å². The van der Waals surface area contributed by atoms with Crippen LogP contribution in [0.4, 0.5) is 0 Å². The lowest BCUT2D eigenvalue weighted by Gasteiger charge is -2.34. The van der Waals surface area contributed by atoms with Gasteiger partial charge in [0.05, 0.1) is 0 Å². The Morgan fingerprint density at radius 1 is 1.08 bits per heavy atom. The van der Waals surface area contributed by atoms with Crippen molar-refractivity contribution < 1.29 is 5.11 Å². The lowest BCUT2D eigenvalue weighted by molar-refractivity contribution is 0.0730. The molecule has 0 unspecified atom stereocenters. The minimum atomic E-state index is 0.146. The second-order valence-electron chi connectivity index (χ2n) is 4.40. The van der Waals surface area contributed by atoms with E-state index in [-0.39, 0.29) is 5.41 Å². The molecule has 1 N–H and O–H groups in total. The zero-order valence-corrected chi connectivity index (χ0v) is 9.64. The molecule has 0 saturated heterocycles. The Labute approximate surface area is 82.9 Å². The molecule has 0 fully saturated rings. The third-order valence-corrected chi connectivity index (χ3v) is 2.55. The second-order valence-corrected chi connectivity index (χ2v) is 4.40. The van der Waals surface area contributed by atoms with E-state index in [0.717, 1.165) is 32.2 Å². The Hall–Kier alpha value is -0.0800. The maximum Gasteiger partial charge on any atom is 0.0499 e. The van der Waals surface area contributed by atoms with Crippen molar-refractivity contribution in [1.29, 1.82) is 0 Å². The van der Waals surface area contributed by atoms with Crippen molar-refractivity contribution in [2.24, 2.45) is 5.41 Å². The minimum absolute atomic E-state index is 0.146. The third-order valence-electron chi connectivity index (χ3n) is 2.55. The molecule has 0 aromatic carbocycles. The fourth-order valence-corrected chi connectivity index (χ4v) is 2.22. The van der Waals surface area contributed by atoms with Gasteiger partial charge in [-0.05, 0) is 26.9 Å². The van der Waals surface area contributed by atoms with Crippen molar-refractivity contribution in [2.75, 3.05) is 27.2 Å². The molecule has 0 aliphatic heterocycles. The summed E-state index contributed by atoms with van der Waals surface area (Å²) in [7, 11) is 4.16. The molecule has 2 nitrogen and oxygen atoms in total. The number of hydrogen-bond acceptors (Lipinski definition) is 2. The molecule has 0 amide bonds. The topological polar surface area (TPSA) is 23.5 Å². The van der Waals surface area contributed by atoms with Crippen LogP contribution >= 0.6 is 0 Å². The van der Waals surface area contributed by atoms with Crippen LogP contribution in [0.3, 0.4) is 0 Å². The van der Waals surface area contributed by atoms with E-state index in [4.69, 9.17) is 0 Å². The van der Waals surface area contributed by atoms with E-state index in [0.29, 0.717) is 6.61 Å². The highest BCUT2D eigenvalue weighted by atomic mass is 16.3. The van der Waals surface area contributed by atoms with Crippen LogP contribution in [0.2, 0.25) is 0 Å². The van der Waals surface area contributed by atoms with Gasteiger partial charge in [-0.1, -0.05) is 26.7 Å². The Morgan fingerprint density at radius 3 is 1.77 bits per heavy atom. The van der Waals surface area contributed by atoms with Gasteiger partial charge >= 0.3 is 0 Å². The van der Waals surface area contributed by atoms with Crippen molar-refractivity contribution in [3.8, 4) is 0 Å². The van der Waals surface area contributed by atoms with Crippen LogP contribution in [0.5, 0.6) is 0 Å². The minimum Gasteiger partial charge on any atom is -0.396 e. The normalized spacial score (nSPS) is 12.5. The van der Waals surface area contributed by atoms with Crippen molar-refractivity contribution >= 4 is 0 Å². The predicted molar refractivity (Wildman–Crippen MR) is 57.9 cm³/mol. The summed E-state index contributed by atoms with van der Waals surface area (Å²) in [6.45, 7) is 5.71. The Kier molecular flexibility index (Phi) is 6.35. The fraction of sp³-hybridized carbons (Fsp3) is 1.00. The van der Waals surface area contributed by atoms with E-state index in [1.807, 2.05) is 0 Å². The molecular formula is C11H25NO. The van der Waals surface area contributed by atoms with E-state index in [1.165, 1.54) is 0 Å². The largest absolute Gasteiger partial charge is 0.396 e. The van der Waals surface area contributed by atoms with Gasteiger partial charge in [-0.15, -0.1) is 0 Å². The first-order valence-corrected chi connectivity index (χ1v) is 5.36. The van der Waals surface area contributed by atoms with Gasteiger partial charge in [-0.3, -0.25) is 0 Å². The second kappa shape index (κ2) is 6.39. The maximum atomic E-state index is 9.46. The average Bonchev–Trinajstić information content (AvgIpc) is 2.04. The molecule has 0 saturated carbocycles. The van der Waals surface area contributed by atoms with Gasteiger partial charge in [-0.2, -0.15) is 0 Å². The van der Waals surface area contributed by atoms with Crippen molar-refractivity contribution in [1.82, 2.24) is 4.90 Å². The summed E-state index contributed by atoms with van der Waals surface area (Å²) < 4.78 is 0. The highest BCUT2D eigenvalue weighted by Gasteiger charge is 2.27. The first-order valence-electron chi connectivity index (χ1n) is 5.36. The van der Waals surface area contributed by atoms with Crippen molar-refractivity contribution in [2.45, 2.75) is 39.5 Å². The van der Waals surface area contributed by atoms with Crippen LogP contribution < -0.4 is 0 Å². The molecule has 13 heavy (non-hydrogen) atoms. The summed E-state index contributed by atoms with van der Waals surface area (Å²) in [5.41, 5.74) is 0.146. The molecule has 0 atom stereocenters. The molecule has 0 aliphatic rings. The van der Waals surface area contributed by atoms with Gasteiger partial charge < -0.3 is 10.0 Å². The van der Waals surface area contributed by atoms with Crippen LogP contribution in [0.1, 0.15) is 39.5 Å². The first-order chi connectivity index (χ1) is 6.10. The monoisotopic (exact) mass is 187 g/mol. The fourth-order valence-electron chi connectivity index (χ4n) is 2.22. The van der Waals surface area contributed by atoms with Gasteiger partial charge in [0.15, 0.2) is 0 Å². The van der Waals surface area contributed by atoms with Crippen molar-refractivity contribution in [3.05, 3.63) is 0 Å². The summed E-state index contributed by atoms with van der Waals surface area (Å²) in [6.07, 6.45) is 4.59. The number of hydrogen-bond donors (Lipinski definition) is 1. The lowest BCUT2D eigenvalue weighted by atomic mass is 9.79. The number of aliphatic hydroxyl groups is 1. The van der Waals surface area contributed by atoms with Crippen LogP contribution in [0.25, 0.3) is 0 Å². The SMILES string of the molecule is CCCC(CO)(CCC)CN(C)C. The summed E-state index contributed by atoms with van der Waals surface area (Å²) in [6, 6.07) is 0. The molecule has 0 rings (SSSR count). The Morgan fingerprint density at radius 2 is 1.54 bits per heavy atom. The van der Waals surface area contributed by atoms with Gasteiger partial charge in [-0.25, -0.2) is 0 Å². The number of aliphatic hydroxyl groups excluding tert-OH is 1. The standard InChI is InChI=1S/C11H25NO/c1-5-7-11(10-13,8-6-2)9-12(3)4/h13H,5-10H2,1-4H3. The molecule has 0 spiro atoms. The van der Waals surface area contributed by atoms with Gasteiger partial charge in [0.2, 0.25) is 0 Å². The highest BCUT2D eigenvalue weighted by molar-refractivity contribution is 4.80. The molecule has 80 valence electrons. The molecule has 0 heterocycles. The zero-order chi connectivity index (χ0) is 10.3. The molecule has 2 heteroatoms. The van der Waals surface area contributed by atoms with Crippen LogP contribution in [0.15, 0.2) is 0 Å². The van der Waals surface area contributed by atoms with E-state index >= 15 is 0 Å². The van der Waals surface area contributed by atoms with Gasteiger partial charge in [0.1, 0.15) is 0 Å². The molecular weight excluding hydrogens is 162 g/mol. The Bertz CT molecular complexity index is 117. The van der Waals surface area contributed by atoms with E-state index in [1.54, 1.807) is 0 Å².